The second-order valence-corrected chi connectivity index (χ2v) is 8.42. The van der Waals surface area contributed by atoms with Crippen molar-refractivity contribution in [2.24, 2.45) is 0 Å². The van der Waals surface area contributed by atoms with E-state index in [1.165, 1.54) is 23.9 Å². The van der Waals surface area contributed by atoms with Crippen molar-refractivity contribution in [3.63, 3.8) is 0 Å². The average Bonchev–Trinajstić information content (AvgIpc) is 3.13. The molecule has 0 fully saturated rings. The average molecular weight is 421 g/mol. The number of pyridine rings is 2. The summed E-state index contributed by atoms with van der Waals surface area (Å²) in [5.41, 5.74) is 2.61. The van der Waals surface area contributed by atoms with Gasteiger partial charge in [-0.15, -0.1) is 0 Å². The Morgan fingerprint density at radius 2 is 1.67 bits per heavy atom. The summed E-state index contributed by atoms with van der Waals surface area (Å²) in [6.45, 7) is 5.34. The van der Waals surface area contributed by atoms with Gasteiger partial charge in [0.1, 0.15) is 22.1 Å². The molecule has 0 atom stereocenters. The van der Waals surface area contributed by atoms with Crippen LogP contribution < -0.4 is 0 Å². The predicted octanol–water partition coefficient (Wildman–Crippen LogP) is 5.62. The van der Waals surface area contributed by atoms with E-state index in [0.29, 0.717) is 27.9 Å². The van der Waals surface area contributed by atoms with E-state index in [1.807, 2.05) is 25.1 Å². The van der Waals surface area contributed by atoms with Gasteiger partial charge in [0.15, 0.2) is 5.09 Å². The largest absolute Gasteiger partial charge is 0.429 e. The third-order valence-corrected chi connectivity index (χ3v) is 5.35. The van der Waals surface area contributed by atoms with Crippen LogP contribution >= 0.6 is 11.8 Å². The minimum Gasteiger partial charge on any atom is -0.429 e. The lowest BCUT2D eigenvalue weighted by Crippen LogP contribution is -2.17. The van der Waals surface area contributed by atoms with Crippen molar-refractivity contribution in [2.45, 2.75) is 36.5 Å². The van der Waals surface area contributed by atoms with E-state index in [-0.39, 0.29) is 5.82 Å². The molecule has 4 rings (SSSR count). The Bertz CT molecular complexity index is 1150. The van der Waals surface area contributed by atoms with E-state index in [1.54, 1.807) is 44.4 Å². The molecule has 1 N–H and O–H groups in total. The maximum absolute atomic E-state index is 13.3. The summed E-state index contributed by atoms with van der Waals surface area (Å²) in [6, 6.07) is 13.5. The van der Waals surface area contributed by atoms with Gasteiger partial charge in [-0.3, -0.25) is 4.98 Å². The summed E-state index contributed by atoms with van der Waals surface area (Å²) in [4.78, 5) is 13.4. The quantitative estimate of drug-likeness (QED) is 0.451. The highest BCUT2D eigenvalue weighted by Gasteiger charge is 2.21. The number of oxazole rings is 1. The van der Waals surface area contributed by atoms with E-state index in [4.69, 9.17) is 4.42 Å². The summed E-state index contributed by atoms with van der Waals surface area (Å²) >= 11 is 1.35. The number of aryl methyl sites for hydroxylation is 1. The zero-order valence-corrected chi connectivity index (χ0v) is 17.6. The highest BCUT2D eigenvalue weighted by Crippen LogP contribution is 2.38. The molecule has 7 heteroatoms. The first-order chi connectivity index (χ1) is 14.3. The minimum atomic E-state index is -1.04. The molecule has 3 heterocycles. The van der Waals surface area contributed by atoms with Crippen molar-refractivity contribution in [1.82, 2.24) is 15.0 Å². The van der Waals surface area contributed by atoms with Crippen molar-refractivity contribution in [2.75, 3.05) is 0 Å². The molecule has 0 radical (unpaired) electrons. The number of benzene rings is 1. The monoisotopic (exact) mass is 421 g/mol. The highest BCUT2D eigenvalue weighted by molar-refractivity contribution is 7.99. The molecule has 0 saturated carbocycles. The molecule has 1 aromatic carbocycles. The zero-order valence-electron chi connectivity index (χ0n) is 16.8. The fourth-order valence-electron chi connectivity index (χ4n) is 2.78. The molecule has 5 nitrogen and oxygen atoms in total. The van der Waals surface area contributed by atoms with Crippen molar-refractivity contribution >= 4 is 11.8 Å². The van der Waals surface area contributed by atoms with Crippen molar-refractivity contribution in [3.05, 3.63) is 78.0 Å². The van der Waals surface area contributed by atoms with Crippen molar-refractivity contribution < 1.29 is 13.9 Å². The van der Waals surface area contributed by atoms with Gasteiger partial charge in [0.25, 0.3) is 0 Å². The Hall–Kier alpha value is -3.03. The molecule has 0 aliphatic carbocycles. The van der Waals surface area contributed by atoms with Crippen molar-refractivity contribution in [3.8, 4) is 22.7 Å². The predicted molar refractivity (Wildman–Crippen MR) is 113 cm³/mol. The molecule has 0 aliphatic rings. The first-order valence-corrected chi connectivity index (χ1v) is 10.2. The van der Waals surface area contributed by atoms with E-state index in [2.05, 4.69) is 15.0 Å². The summed E-state index contributed by atoms with van der Waals surface area (Å²) in [5.74, 6) is 0.0570. The highest BCUT2D eigenvalue weighted by atomic mass is 32.2. The number of aliphatic hydroxyl groups is 1. The van der Waals surface area contributed by atoms with Gasteiger partial charge in [-0.25, -0.2) is 14.4 Å². The Balaban J connectivity index is 1.76. The second kappa shape index (κ2) is 8.01. The van der Waals surface area contributed by atoms with E-state index < -0.39 is 5.60 Å². The molecular formula is C23H20FN3O2S. The van der Waals surface area contributed by atoms with Crippen LogP contribution in [-0.4, -0.2) is 20.1 Å². The molecule has 0 aliphatic heterocycles. The second-order valence-electron chi connectivity index (χ2n) is 7.43. The third kappa shape index (κ3) is 4.42. The Labute approximate surface area is 178 Å². The Kier molecular flexibility index (Phi) is 5.40. The van der Waals surface area contributed by atoms with Gasteiger partial charge >= 0.3 is 0 Å². The van der Waals surface area contributed by atoms with Crippen molar-refractivity contribution in [1.29, 1.82) is 0 Å². The number of aromatic nitrogens is 3. The first-order valence-electron chi connectivity index (χ1n) is 9.36. The maximum atomic E-state index is 13.3. The molecule has 0 unspecified atom stereocenters. The lowest BCUT2D eigenvalue weighted by atomic mass is 10.0. The molecular weight excluding hydrogens is 401 g/mol. The standard InChI is InChI=1S/C23H20FN3O2S/c1-14-4-11-19(26-12-14)30-22-20(16-7-10-18(25-13-16)23(2,3)28)27-21(29-22)15-5-8-17(24)9-6-15/h4-13,28H,1-3H3. The molecule has 0 bridgehead atoms. The van der Waals surface area contributed by atoms with Crippen LogP contribution in [0.25, 0.3) is 22.7 Å². The summed E-state index contributed by atoms with van der Waals surface area (Å²) in [7, 11) is 0. The van der Waals surface area contributed by atoms with Crippen LogP contribution in [0.2, 0.25) is 0 Å². The topological polar surface area (TPSA) is 72.0 Å². The lowest BCUT2D eigenvalue weighted by Gasteiger charge is -2.16. The number of rotatable bonds is 5. The molecule has 4 aromatic rings. The van der Waals surface area contributed by atoms with Crippen LogP contribution in [0.5, 0.6) is 0 Å². The maximum Gasteiger partial charge on any atom is 0.228 e. The van der Waals surface area contributed by atoms with Gasteiger partial charge in [-0.1, -0.05) is 6.07 Å². The summed E-state index contributed by atoms with van der Waals surface area (Å²) in [5, 5.41) is 11.5. The summed E-state index contributed by atoms with van der Waals surface area (Å²) in [6.07, 6.45) is 3.45. The number of nitrogens with zero attached hydrogens (tertiary/aromatic N) is 3. The van der Waals surface area contributed by atoms with Gasteiger partial charge < -0.3 is 9.52 Å². The number of halogens is 1. The van der Waals surface area contributed by atoms with E-state index >= 15 is 0 Å². The first kappa shape index (κ1) is 20.3. The SMILES string of the molecule is Cc1ccc(Sc2oc(-c3ccc(F)cc3)nc2-c2ccc(C(C)(C)O)nc2)nc1. The molecule has 0 amide bonds. The fraction of sp³-hybridized carbons (Fsp3) is 0.174. The van der Waals surface area contributed by atoms with Crippen LogP contribution in [0.4, 0.5) is 4.39 Å². The van der Waals surface area contributed by atoms with E-state index in [0.717, 1.165) is 16.2 Å². The summed E-state index contributed by atoms with van der Waals surface area (Å²) < 4.78 is 19.4. The van der Waals surface area contributed by atoms with Crippen LogP contribution in [-0.2, 0) is 5.60 Å². The third-order valence-electron chi connectivity index (χ3n) is 4.43. The molecule has 152 valence electrons. The van der Waals surface area contributed by atoms with Crippen LogP contribution in [0.15, 0.2) is 75.5 Å². The fourth-order valence-corrected chi connectivity index (χ4v) is 3.59. The van der Waals surface area contributed by atoms with Gasteiger partial charge in [-0.2, -0.15) is 0 Å². The lowest BCUT2D eigenvalue weighted by molar-refractivity contribution is 0.0739. The number of hydrogen-bond donors (Lipinski definition) is 1. The van der Waals surface area contributed by atoms with Crippen LogP contribution in [0.1, 0.15) is 25.1 Å². The molecule has 3 aromatic heterocycles. The molecule has 30 heavy (non-hydrogen) atoms. The van der Waals surface area contributed by atoms with Gasteiger partial charge in [0.2, 0.25) is 5.89 Å². The van der Waals surface area contributed by atoms with Gasteiger partial charge in [0, 0.05) is 23.5 Å². The molecule has 0 saturated heterocycles. The Morgan fingerprint density at radius 3 is 2.27 bits per heavy atom. The smallest absolute Gasteiger partial charge is 0.228 e. The van der Waals surface area contributed by atoms with Gasteiger partial charge in [-0.05, 0) is 80.6 Å². The normalized spacial score (nSPS) is 11.6. The van der Waals surface area contributed by atoms with Crippen LogP contribution in [0.3, 0.4) is 0 Å². The van der Waals surface area contributed by atoms with Crippen LogP contribution in [0, 0.1) is 12.7 Å². The zero-order chi connectivity index (χ0) is 21.3. The van der Waals surface area contributed by atoms with E-state index in [9.17, 15) is 9.50 Å². The number of hydrogen-bond acceptors (Lipinski definition) is 6. The van der Waals surface area contributed by atoms with Gasteiger partial charge in [0.05, 0.1) is 5.69 Å². The minimum absolute atomic E-state index is 0.324. The molecule has 0 spiro atoms. The Morgan fingerprint density at radius 1 is 0.933 bits per heavy atom.